The van der Waals surface area contributed by atoms with Gasteiger partial charge in [0.25, 0.3) is 0 Å². The highest BCUT2D eigenvalue weighted by molar-refractivity contribution is 6.76. The van der Waals surface area contributed by atoms with Crippen molar-refractivity contribution in [3.05, 3.63) is 35.9 Å². The first-order valence-electron chi connectivity index (χ1n) is 6.83. The lowest BCUT2D eigenvalue weighted by molar-refractivity contribution is 0.607. The summed E-state index contributed by atoms with van der Waals surface area (Å²) in [4.78, 5) is 0. The molecule has 1 aromatic carbocycles. The van der Waals surface area contributed by atoms with Crippen molar-refractivity contribution in [2.24, 2.45) is 0 Å². The first kappa shape index (κ1) is 12.8. The van der Waals surface area contributed by atoms with Gasteiger partial charge in [-0.05, 0) is 30.4 Å². The van der Waals surface area contributed by atoms with Gasteiger partial charge in [0.15, 0.2) is 0 Å². The maximum atomic E-state index is 3.70. The molecule has 0 radical (unpaired) electrons. The van der Waals surface area contributed by atoms with Crippen molar-refractivity contribution in [3.8, 4) is 0 Å². The molecule has 0 aliphatic heterocycles. The van der Waals surface area contributed by atoms with E-state index >= 15 is 0 Å². The fraction of sp³-hybridized carbons (Fsp3) is 0.600. The zero-order chi connectivity index (χ0) is 12.3. The van der Waals surface area contributed by atoms with Gasteiger partial charge in [-0.3, -0.25) is 0 Å². The highest BCUT2D eigenvalue weighted by Crippen LogP contribution is 2.27. The first-order chi connectivity index (χ1) is 8.04. The van der Waals surface area contributed by atoms with Crippen LogP contribution < -0.4 is 5.32 Å². The second-order valence-electron chi connectivity index (χ2n) is 6.55. The van der Waals surface area contributed by atoms with E-state index in [-0.39, 0.29) is 0 Å². The molecular formula is C15H25NSi. The maximum Gasteiger partial charge on any atom is 0.0449 e. The van der Waals surface area contributed by atoms with Crippen LogP contribution in [-0.4, -0.2) is 20.7 Å². The minimum absolute atomic E-state index is 0.712. The molecule has 0 aromatic heterocycles. The summed E-state index contributed by atoms with van der Waals surface area (Å²) in [5.41, 5.74) is 1.52. The Kier molecular flexibility index (Phi) is 4.05. The topological polar surface area (TPSA) is 12.0 Å². The molecule has 2 heteroatoms. The molecular weight excluding hydrogens is 222 g/mol. The van der Waals surface area contributed by atoms with Crippen LogP contribution in [0.5, 0.6) is 0 Å². The van der Waals surface area contributed by atoms with Gasteiger partial charge in [0.1, 0.15) is 0 Å². The van der Waals surface area contributed by atoms with Crippen LogP contribution in [0.25, 0.3) is 0 Å². The SMILES string of the molecule is C[Si](C)(C)CC(CNC1CC1)c1ccccc1. The smallest absolute Gasteiger partial charge is 0.0449 e. The zero-order valence-corrected chi connectivity index (χ0v) is 12.4. The van der Waals surface area contributed by atoms with Gasteiger partial charge in [0, 0.05) is 20.7 Å². The van der Waals surface area contributed by atoms with Crippen molar-refractivity contribution in [1.82, 2.24) is 5.32 Å². The quantitative estimate of drug-likeness (QED) is 0.753. The summed E-state index contributed by atoms with van der Waals surface area (Å²) in [6, 6.07) is 13.2. The fourth-order valence-electron chi connectivity index (χ4n) is 2.37. The van der Waals surface area contributed by atoms with Crippen molar-refractivity contribution in [2.75, 3.05) is 6.54 Å². The van der Waals surface area contributed by atoms with Gasteiger partial charge in [-0.2, -0.15) is 0 Å². The number of hydrogen-bond acceptors (Lipinski definition) is 1. The van der Waals surface area contributed by atoms with E-state index in [1.54, 1.807) is 0 Å². The highest BCUT2D eigenvalue weighted by atomic mass is 28.3. The van der Waals surface area contributed by atoms with Crippen LogP contribution >= 0.6 is 0 Å². The summed E-state index contributed by atoms with van der Waals surface area (Å²) < 4.78 is 0. The number of nitrogens with one attached hydrogen (secondary N) is 1. The molecule has 1 unspecified atom stereocenters. The Morgan fingerprint density at radius 1 is 1.18 bits per heavy atom. The van der Waals surface area contributed by atoms with Gasteiger partial charge in [-0.25, -0.2) is 0 Å². The summed E-state index contributed by atoms with van der Waals surface area (Å²) in [7, 11) is -0.995. The first-order valence-corrected chi connectivity index (χ1v) is 10.5. The zero-order valence-electron chi connectivity index (χ0n) is 11.4. The van der Waals surface area contributed by atoms with E-state index in [0.717, 1.165) is 6.04 Å². The maximum absolute atomic E-state index is 3.70. The molecule has 1 aliphatic rings. The van der Waals surface area contributed by atoms with Gasteiger partial charge in [-0.1, -0.05) is 50.0 Å². The molecule has 1 nitrogen and oxygen atoms in total. The highest BCUT2D eigenvalue weighted by Gasteiger charge is 2.25. The van der Waals surface area contributed by atoms with E-state index in [4.69, 9.17) is 0 Å². The Bertz CT molecular complexity index is 338. The lowest BCUT2D eigenvalue weighted by Gasteiger charge is -2.25. The molecule has 2 rings (SSSR count). The Labute approximate surface area is 107 Å². The van der Waals surface area contributed by atoms with Gasteiger partial charge in [0.2, 0.25) is 0 Å². The summed E-state index contributed by atoms with van der Waals surface area (Å²) in [5, 5.41) is 3.70. The van der Waals surface area contributed by atoms with Crippen LogP contribution in [0.3, 0.4) is 0 Å². The summed E-state index contributed by atoms with van der Waals surface area (Å²) >= 11 is 0. The van der Waals surface area contributed by atoms with Crippen LogP contribution in [-0.2, 0) is 0 Å². The minimum Gasteiger partial charge on any atom is -0.313 e. The van der Waals surface area contributed by atoms with E-state index in [9.17, 15) is 0 Å². The Morgan fingerprint density at radius 2 is 1.82 bits per heavy atom. The summed E-state index contributed by atoms with van der Waals surface area (Å²) in [6.07, 6.45) is 2.77. The molecule has 1 atom stereocenters. The molecule has 17 heavy (non-hydrogen) atoms. The van der Waals surface area contributed by atoms with Crippen molar-refractivity contribution in [1.29, 1.82) is 0 Å². The van der Waals surface area contributed by atoms with Crippen molar-refractivity contribution < 1.29 is 0 Å². The van der Waals surface area contributed by atoms with Crippen LogP contribution in [0.1, 0.15) is 24.3 Å². The van der Waals surface area contributed by atoms with Crippen molar-refractivity contribution in [3.63, 3.8) is 0 Å². The summed E-state index contributed by atoms with van der Waals surface area (Å²) in [6.45, 7) is 8.58. The number of benzene rings is 1. The Morgan fingerprint density at radius 3 is 2.35 bits per heavy atom. The van der Waals surface area contributed by atoms with Crippen LogP contribution in [0.15, 0.2) is 30.3 Å². The molecule has 0 bridgehead atoms. The van der Waals surface area contributed by atoms with Crippen LogP contribution in [0.4, 0.5) is 0 Å². The molecule has 1 fully saturated rings. The molecule has 1 saturated carbocycles. The van der Waals surface area contributed by atoms with Gasteiger partial charge < -0.3 is 5.32 Å². The molecule has 0 saturated heterocycles. The lowest BCUT2D eigenvalue weighted by Crippen LogP contribution is -2.30. The molecule has 0 amide bonds. The third-order valence-corrected chi connectivity index (χ3v) is 5.08. The van der Waals surface area contributed by atoms with E-state index in [1.807, 2.05) is 0 Å². The van der Waals surface area contributed by atoms with Gasteiger partial charge >= 0.3 is 0 Å². The minimum atomic E-state index is -0.995. The van der Waals surface area contributed by atoms with Gasteiger partial charge in [0.05, 0.1) is 0 Å². The second-order valence-corrected chi connectivity index (χ2v) is 12.1. The van der Waals surface area contributed by atoms with Gasteiger partial charge in [-0.15, -0.1) is 0 Å². The predicted octanol–water partition coefficient (Wildman–Crippen LogP) is 3.86. The molecule has 1 aliphatic carbocycles. The van der Waals surface area contributed by atoms with Crippen molar-refractivity contribution >= 4 is 8.07 Å². The van der Waals surface area contributed by atoms with E-state index in [0.29, 0.717) is 5.92 Å². The normalized spacial score (nSPS) is 18.1. The van der Waals surface area contributed by atoms with E-state index < -0.39 is 8.07 Å². The number of hydrogen-bond donors (Lipinski definition) is 1. The third kappa shape index (κ3) is 4.64. The predicted molar refractivity (Wildman–Crippen MR) is 78.4 cm³/mol. The monoisotopic (exact) mass is 247 g/mol. The molecule has 94 valence electrons. The molecule has 0 heterocycles. The second kappa shape index (κ2) is 5.36. The fourth-order valence-corrected chi connectivity index (χ4v) is 4.23. The lowest BCUT2D eigenvalue weighted by atomic mass is 10.0. The standard InChI is InChI=1S/C15H25NSi/c1-17(2,3)12-14(11-16-15-9-10-15)13-7-5-4-6-8-13/h4-8,14-16H,9-12H2,1-3H3. The van der Waals surface area contributed by atoms with Crippen LogP contribution in [0, 0.1) is 0 Å². The van der Waals surface area contributed by atoms with Crippen LogP contribution in [0.2, 0.25) is 25.7 Å². The molecule has 1 N–H and O–H groups in total. The Hall–Kier alpha value is -0.603. The van der Waals surface area contributed by atoms with Crippen molar-refractivity contribution in [2.45, 2.75) is 50.5 Å². The average Bonchev–Trinajstić information content (AvgIpc) is 3.08. The number of rotatable bonds is 6. The Balaban J connectivity index is 2.00. The van der Waals surface area contributed by atoms with E-state index in [1.165, 1.54) is 31.0 Å². The van der Waals surface area contributed by atoms with E-state index in [2.05, 4.69) is 55.3 Å². The average molecular weight is 247 g/mol. The molecule has 1 aromatic rings. The summed E-state index contributed by atoms with van der Waals surface area (Å²) in [5.74, 6) is 0.712. The third-order valence-electron chi connectivity index (χ3n) is 3.36. The largest absolute Gasteiger partial charge is 0.313 e. The molecule has 0 spiro atoms.